The molecule has 0 saturated heterocycles. The Morgan fingerprint density at radius 3 is 2.44 bits per heavy atom. The van der Waals surface area contributed by atoms with Gasteiger partial charge in [0.25, 0.3) is 10.0 Å². The van der Waals surface area contributed by atoms with Gasteiger partial charge in [-0.05, 0) is 66.7 Å². The number of rotatable bonds is 6. The van der Waals surface area contributed by atoms with Crippen molar-refractivity contribution in [2.75, 3.05) is 4.72 Å². The molecule has 1 aromatic heterocycles. The third-order valence-corrected chi connectivity index (χ3v) is 5.64. The number of carbonyl (C=O) groups excluding carboxylic acids is 1. The van der Waals surface area contributed by atoms with E-state index in [4.69, 9.17) is 27.6 Å². The summed E-state index contributed by atoms with van der Waals surface area (Å²) in [5.41, 5.74) is 0.694. The molecule has 1 N–H and O–H groups in total. The molecule has 3 rings (SSSR count). The highest BCUT2D eigenvalue weighted by Gasteiger charge is 2.18. The fraction of sp³-hybridized carbons (Fsp3) is 0. The van der Waals surface area contributed by atoms with Gasteiger partial charge >= 0.3 is 0 Å². The minimum atomic E-state index is -3.92. The van der Waals surface area contributed by atoms with Gasteiger partial charge in [-0.3, -0.25) is 9.52 Å². The van der Waals surface area contributed by atoms with Crippen LogP contribution in [-0.4, -0.2) is 14.2 Å². The summed E-state index contributed by atoms with van der Waals surface area (Å²) in [6.45, 7) is 0. The van der Waals surface area contributed by atoms with Gasteiger partial charge in [-0.2, -0.15) is 0 Å². The second-order valence-corrected chi connectivity index (χ2v) is 7.97. The Kier molecular flexibility index (Phi) is 5.70. The van der Waals surface area contributed by atoms with Gasteiger partial charge < -0.3 is 4.42 Å². The lowest BCUT2D eigenvalue weighted by Crippen LogP contribution is -2.13. The van der Waals surface area contributed by atoms with E-state index in [0.29, 0.717) is 11.3 Å². The van der Waals surface area contributed by atoms with Crippen molar-refractivity contribution >= 4 is 50.8 Å². The molecule has 0 radical (unpaired) electrons. The Morgan fingerprint density at radius 2 is 1.78 bits per heavy atom. The topological polar surface area (TPSA) is 76.4 Å². The van der Waals surface area contributed by atoms with E-state index in [-0.39, 0.29) is 26.4 Å². The van der Waals surface area contributed by atoms with E-state index in [1.54, 1.807) is 18.2 Å². The van der Waals surface area contributed by atoms with Crippen molar-refractivity contribution in [3.05, 3.63) is 88.3 Å². The van der Waals surface area contributed by atoms with Crippen LogP contribution in [0.5, 0.6) is 0 Å². The first-order valence-electron chi connectivity index (χ1n) is 7.69. The Balaban J connectivity index is 1.75. The molecule has 0 fully saturated rings. The van der Waals surface area contributed by atoms with E-state index in [0.717, 1.165) is 0 Å². The zero-order valence-electron chi connectivity index (χ0n) is 13.7. The van der Waals surface area contributed by atoms with Crippen LogP contribution in [-0.2, 0) is 10.0 Å². The lowest BCUT2D eigenvalue weighted by Gasteiger charge is -2.10. The second kappa shape index (κ2) is 8.00. The molecule has 0 aliphatic rings. The molecule has 0 atom stereocenters. The molecule has 0 aliphatic carbocycles. The van der Waals surface area contributed by atoms with Crippen molar-refractivity contribution in [1.29, 1.82) is 0 Å². The Labute approximate surface area is 166 Å². The SMILES string of the molecule is O=C(/C=C/c1ccco1)c1ccc(NS(=O)(=O)c2cc(Cl)ccc2Cl)cc1. The number of allylic oxidation sites excluding steroid dienone is 1. The highest BCUT2D eigenvalue weighted by Crippen LogP contribution is 2.27. The number of carbonyl (C=O) groups is 1. The number of hydrogen-bond donors (Lipinski definition) is 1. The fourth-order valence-corrected chi connectivity index (χ4v) is 4.06. The molecule has 138 valence electrons. The first-order valence-corrected chi connectivity index (χ1v) is 9.93. The first-order chi connectivity index (χ1) is 12.8. The van der Waals surface area contributed by atoms with Gasteiger partial charge in [0.15, 0.2) is 5.78 Å². The number of sulfonamides is 1. The predicted molar refractivity (Wildman–Crippen MR) is 106 cm³/mol. The molecule has 0 aliphatic heterocycles. The number of nitrogens with one attached hydrogen (secondary N) is 1. The molecule has 0 saturated carbocycles. The lowest BCUT2D eigenvalue weighted by atomic mass is 10.1. The molecule has 1 heterocycles. The van der Waals surface area contributed by atoms with Crippen LogP contribution >= 0.6 is 23.2 Å². The quantitative estimate of drug-likeness (QED) is 0.433. The molecule has 5 nitrogen and oxygen atoms in total. The van der Waals surface area contributed by atoms with Gasteiger partial charge in [0.1, 0.15) is 10.7 Å². The van der Waals surface area contributed by atoms with Crippen molar-refractivity contribution in [2.45, 2.75) is 4.90 Å². The Morgan fingerprint density at radius 1 is 1.04 bits per heavy atom. The van der Waals surface area contributed by atoms with Crippen molar-refractivity contribution in [1.82, 2.24) is 0 Å². The summed E-state index contributed by atoms with van der Waals surface area (Å²) in [5, 5.41) is 0.311. The minimum absolute atomic E-state index is 0.0572. The van der Waals surface area contributed by atoms with Crippen molar-refractivity contribution in [3.8, 4) is 0 Å². The zero-order chi connectivity index (χ0) is 19.4. The summed E-state index contributed by atoms with van der Waals surface area (Å²) in [7, 11) is -3.92. The van der Waals surface area contributed by atoms with Gasteiger partial charge in [0.05, 0.1) is 11.3 Å². The van der Waals surface area contributed by atoms with Crippen molar-refractivity contribution < 1.29 is 17.6 Å². The van der Waals surface area contributed by atoms with Crippen molar-refractivity contribution in [3.63, 3.8) is 0 Å². The maximum absolute atomic E-state index is 12.5. The van der Waals surface area contributed by atoms with Crippen LogP contribution in [0.1, 0.15) is 16.1 Å². The third-order valence-electron chi connectivity index (χ3n) is 3.55. The molecular weight excluding hydrogens is 409 g/mol. The van der Waals surface area contributed by atoms with Gasteiger partial charge in [0.2, 0.25) is 0 Å². The van der Waals surface area contributed by atoms with E-state index in [9.17, 15) is 13.2 Å². The highest BCUT2D eigenvalue weighted by molar-refractivity contribution is 7.92. The average molecular weight is 422 g/mol. The molecule has 0 bridgehead atoms. The summed E-state index contributed by atoms with van der Waals surface area (Å²) in [4.78, 5) is 12.0. The number of halogens is 2. The molecule has 27 heavy (non-hydrogen) atoms. The maximum atomic E-state index is 12.5. The van der Waals surface area contributed by atoms with E-state index in [2.05, 4.69) is 4.72 Å². The monoisotopic (exact) mass is 421 g/mol. The molecule has 0 spiro atoms. The zero-order valence-corrected chi connectivity index (χ0v) is 16.1. The summed E-state index contributed by atoms with van der Waals surface area (Å²) in [6.07, 6.45) is 4.45. The molecule has 2 aromatic carbocycles. The Hall–Kier alpha value is -2.54. The van der Waals surface area contributed by atoms with Crippen molar-refractivity contribution in [2.24, 2.45) is 0 Å². The standard InChI is InChI=1S/C19H13Cl2NO4S/c20-14-5-9-17(21)19(12-14)27(24,25)22-15-6-3-13(4-7-15)18(23)10-8-16-2-1-11-26-16/h1-12,22H/b10-8+. The fourth-order valence-electron chi connectivity index (χ4n) is 2.24. The largest absolute Gasteiger partial charge is 0.465 e. The molecule has 8 heteroatoms. The normalized spacial score (nSPS) is 11.6. The summed E-state index contributed by atoms with van der Waals surface area (Å²) >= 11 is 11.8. The number of ketones is 1. The van der Waals surface area contributed by atoms with Crippen LogP contribution in [0.2, 0.25) is 10.0 Å². The van der Waals surface area contributed by atoms with E-state index in [1.165, 1.54) is 54.8 Å². The van der Waals surface area contributed by atoms with E-state index < -0.39 is 10.0 Å². The van der Waals surface area contributed by atoms with Crippen LogP contribution in [0.15, 0.2) is 76.2 Å². The smallest absolute Gasteiger partial charge is 0.263 e. The third kappa shape index (κ3) is 4.80. The number of anilines is 1. The van der Waals surface area contributed by atoms with Gasteiger partial charge in [-0.1, -0.05) is 23.2 Å². The Bertz CT molecular complexity index is 1090. The summed E-state index contributed by atoms with van der Waals surface area (Å²) in [5.74, 6) is 0.324. The highest BCUT2D eigenvalue weighted by atomic mass is 35.5. The molecule has 0 amide bonds. The van der Waals surface area contributed by atoms with Crippen LogP contribution in [0.3, 0.4) is 0 Å². The molecular formula is C19H13Cl2NO4S. The second-order valence-electron chi connectivity index (χ2n) is 5.47. The number of furan rings is 1. The molecule has 3 aromatic rings. The van der Waals surface area contributed by atoms with Crippen LogP contribution in [0, 0.1) is 0 Å². The van der Waals surface area contributed by atoms with Crippen LogP contribution < -0.4 is 4.72 Å². The first kappa shape index (κ1) is 19.2. The minimum Gasteiger partial charge on any atom is -0.465 e. The van der Waals surface area contributed by atoms with Gasteiger partial charge in [-0.25, -0.2) is 8.42 Å². The number of benzene rings is 2. The maximum Gasteiger partial charge on any atom is 0.263 e. The number of hydrogen-bond acceptors (Lipinski definition) is 4. The van der Waals surface area contributed by atoms with Gasteiger partial charge in [0, 0.05) is 16.3 Å². The molecule has 0 unspecified atom stereocenters. The van der Waals surface area contributed by atoms with E-state index in [1.807, 2.05) is 0 Å². The van der Waals surface area contributed by atoms with Crippen LogP contribution in [0.4, 0.5) is 5.69 Å². The van der Waals surface area contributed by atoms with Crippen LogP contribution in [0.25, 0.3) is 6.08 Å². The van der Waals surface area contributed by atoms with Gasteiger partial charge in [-0.15, -0.1) is 0 Å². The summed E-state index contributed by atoms with van der Waals surface area (Å²) < 4.78 is 32.5. The lowest BCUT2D eigenvalue weighted by molar-refractivity contribution is 0.104. The van der Waals surface area contributed by atoms with E-state index >= 15 is 0 Å². The summed E-state index contributed by atoms with van der Waals surface area (Å²) in [6, 6.07) is 13.6. The predicted octanol–water partition coefficient (Wildman–Crippen LogP) is 5.28. The average Bonchev–Trinajstić information content (AvgIpc) is 3.15.